The fourth-order valence-corrected chi connectivity index (χ4v) is 3.67. The Kier molecular flexibility index (Phi) is 7.14. The van der Waals surface area contributed by atoms with E-state index in [4.69, 9.17) is 9.47 Å². The van der Waals surface area contributed by atoms with Crippen LogP contribution >= 0.6 is 11.8 Å². The number of hydrogen-bond donors (Lipinski definition) is 1. The van der Waals surface area contributed by atoms with Crippen molar-refractivity contribution in [3.8, 4) is 11.5 Å². The minimum absolute atomic E-state index is 0.115. The van der Waals surface area contributed by atoms with Gasteiger partial charge in [-0.3, -0.25) is 9.78 Å². The summed E-state index contributed by atoms with van der Waals surface area (Å²) in [6, 6.07) is 17.1. The highest BCUT2D eigenvalue weighted by molar-refractivity contribution is 7.98. The van der Waals surface area contributed by atoms with Gasteiger partial charge in [0.05, 0.1) is 20.3 Å². The number of rotatable bonds is 8. The molecule has 150 valence electrons. The van der Waals surface area contributed by atoms with Crippen molar-refractivity contribution in [1.82, 2.24) is 10.3 Å². The maximum atomic E-state index is 12.6. The number of hydrogen-bond acceptors (Lipinski definition) is 5. The number of methoxy groups -OCH3 is 2. The highest BCUT2D eigenvalue weighted by atomic mass is 32.2. The van der Waals surface area contributed by atoms with Crippen LogP contribution in [0.25, 0.3) is 0 Å². The van der Waals surface area contributed by atoms with E-state index < -0.39 is 0 Å². The predicted molar refractivity (Wildman–Crippen MR) is 116 cm³/mol. The van der Waals surface area contributed by atoms with Crippen LogP contribution in [0.15, 0.2) is 71.9 Å². The zero-order valence-corrected chi connectivity index (χ0v) is 17.5. The Morgan fingerprint density at radius 2 is 1.83 bits per heavy atom. The molecular weight excluding hydrogens is 384 g/mol. The van der Waals surface area contributed by atoms with E-state index in [9.17, 15) is 4.79 Å². The molecule has 1 unspecified atom stereocenters. The third-order valence-corrected chi connectivity index (χ3v) is 5.58. The molecule has 0 saturated heterocycles. The third-order valence-electron chi connectivity index (χ3n) is 4.50. The molecular formula is C23H24N2O3S. The summed E-state index contributed by atoms with van der Waals surface area (Å²) in [5, 5.41) is 3.03. The van der Waals surface area contributed by atoms with E-state index in [1.807, 2.05) is 61.7 Å². The lowest BCUT2D eigenvalue weighted by atomic mass is 10.1. The average Bonchev–Trinajstić information content (AvgIpc) is 2.78. The summed E-state index contributed by atoms with van der Waals surface area (Å²) in [6.07, 6.45) is 3.63. The third kappa shape index (κ3) is 5.51. The van der Waals surface area contributed by atoms with Crippen LogP contribution < -0.4 is 14.8 Å². The number of thioether (sulfide) groups is 1. The molecule has 1 heterocycles. The molecule has 6 heteroatoms. The molecule has 0 spiro atoms. The van der Waals surface area contributed by atoms with E-state index in [1.54, 1.807) is 32.2 Å². The summed E-state index contributed by atoms with van der Waals surface area (Å²) >= 11 is 1.71. The summed E-state index contributed by atoms with van der Waals surface area (Å²) in [7, 11) is 3.19. The number of carbonyl (C=O) groups is 1. The Hall–Kier alpha value is -2.99. The quantitative estimate of drug-likeness (QED) is 0.538. The predicted octanol–water partition coefficient (Wildman–Crippen LogP) is 4.88. The van der Waals surface area contributed by atoms with Crippen molar-refractivity contribution >= 4 is 17.7 Å². The first kappa shape index (κ1) is 20.7. The van der Waals surface area contributed by atoms with Crippen molar-refractivity contribution in [2.24, 2.45) is 0 Å². The van der Waals surface area contributed by atoms with Crippen molar-refractivity contribution in [1.29, 1.82) is 0 Å². The highest BCUT2D eigenvalue weighted by Gasteiger charge is 2.14. The van der Waals surface area contributed by atoms with Crippen LogP contribution in [-0.2, 0) is 5.75 Å². The van der Waals surface area contributed by atoms with E-state index in [2.05, 4.69) is 16.4 Å². The zero-order valence-electron chi connectivity index (χ0n) is 16.7. The van der Waals surface area contributed by atoms with Crippen LogP contribution in [0.5, 0.6) is 11.5 Å². The number of pyridine rings is 1. The molecule has 1 amide bonds. The average molecular weight is 409 g/mol. The number of aromatic nitrogens is 1. The minimum Gasteiger partial charge on any atom is -0.493 e. The van der Waals surface area contributed by atoms with Gasteiger partial charge in [-0.25, -0.2) is 0 Å². The second-order valence-corrected chi connectivity index (χ2v) is 7.53. The molecule has 0 bridgehead atoms. The molecule has 2 aromatic carbocycles. The summed E-state index contributed by atoms with van der Waals surface area (Å²) in [5.41, 5.74) is 2.74. The maximum Gasteiger partial charge on any atom is 0.251 e. The standard InChI is InChI=1S/C23H24N2O3S/c1-16(19-8-11-21(27-2)22(13-19)28-3)25-23(26)18-6-9-20(10-7-18)29-15-17-5-4-12-24-14-17/h4-14,16H,15H2,1-3H3,(H,25,26). The van der Waals surface area contributed by atoms with Crippen LogP contribution in [0.2, 0.25) is 0 Å². The van der Waals surface area contributed by atoms with E-state index >= 15 is 0 Å². The smallest absolute Gasteiger partial charge is 0.251 e. The number of carbonyl (C=O) groups excluding carboxylic acids is 1. The van der Waals surface area contributed by atoms with Gasteiger partial charge in [0.1, 0.15) is 0 Å². The van der Waals surface area contributed by atoms with E-state index in [0.29, 0.717) is 17.1 Å². The van der Waals surface area contributed by atoms with Crippen LogP contribution in [0.1, 0.15) is 34.5 Å². The monoisotopic (exact) mass is 408 g/mol. The number of nitrogens with zero attached hydrogens (tertiary/aromatic N) is 1. The summed E-state index contributed by atoms with van der Waals surface area (Å²) in [4.78, 5) is 17.9. The Labute approximate surface area is 175 Å². The molecule has 5 nitrogen and oxygen atoms in total. The molecule has 0 saturated carbocycles. The van der Waals surface area contributed by atoms with Crippen LogP contribution in [0.3, 0.4) is 0 Å². The van der Waals surface area contributed by atoms with Crippen LogP contribution in [0.4, 0.5) is 0 Å². The lowest BCUT2D eigenvalue weighted by Crippen LogP contribution is -2.26. The van der Waals surface area contributed by atoms with E-state index in [1.165, 1.54) is 5.56 Å². The number of ether oxygens (including phenoxy) is 2. The normalized spacial score (nSPS) is 11.6. The lowest BCUT2D eigenvalue weighted by molar-refractivity contribution is 0.0939. The van der Waals surface area contributed by atoms with Gasteiger partial charge in [0.25, 0.3) is 5.91 Å². The summed E-state index contributed by atoms with van der Waals surface area (Å²) in [5.74, 6) is 2.03. The Morgan fingerprint density at radius 1 is 1.07 bits per heavy atom. The van der Waals surface area contributed by atoms with E-state index in [0.717, 1.165) is 16.2 Å². The number of amides is 1. The fourth-order valence-electron chi connectivity index (χ4n) is 2.84. The maximum absolute atomic E-state index is 12.6. The molecule has 0 aliphatic rings. The van der Waals surface area contributed by atoms with Gasteiger partial charge in [0.15, 0.2) is 11.5 Å². The van der Waals surface area contributed by atoms with Gasteiger partial charge in [-0.15, -0.1) is 11.8 Å². The second kappa shape index (κ2) is 9.98. The molecule has 0 aliphatic carbocycles. The van der Waals surface area contributed by atoms with Crippen LogP contribution in [-0.4, -0.2) is 25.1 Å². The second-order valence-electron chi connectivity index (χ2n) is 6.48. The first-order valence-electron chi connectivity index (χ1n) is 9.25. The number of nitrogens with one attached hydrogen (secondary N) is 1. The van der Waals surface area contributed by atoms with E-state index in [-0.39, 0.29) is 11.9 Å². The van der Waals surface area contributed by atoms with Gasteiger partial charge in [0.2, 0.25) is 0 Å². The SMILES string of the molecule is COc1ccc(C(C)NC(=O)c2ccc(SCc3cccnc3)cc2)cc1OC. The Morgan fingerprint density at radius 3 is 2.48 bits per heavy atom. The molecule has 0 aliphatic heterocycles. The summed E-state index contributed by atoms with van der Waals surface area (Å²) in [6.45, 7) is 1.94. The van der Waals surface area contributed by atoms with Gasteiger partial charge in [-0.1, -0.05) is 12.1 Å². The zero-order chi connectivity index (χ0) is 20.6. The van der Waals surface area contributed by atoms with Crippen molar-refractivity contribution < 1.29 is 14.3 Å². The molecule has 3 rings (SSSR count). The van der Waals surface area contributed by atoms with Crippen molar-refractivity contribution in [2.45, 2.75) is 23.6 Å². The molecule has 0 fully saturated rings. The highest BCUT2D eigenvalue weighted by Crippen LogP contribution is 2.30. The lowest BCUT2D eigenvalue weighted by Gasteiger charge is -2.16. The number of benzene rings is 2. The largest absolute Gasteiger partial charge is 0.493 e. The molecule has 0 radical (unpaired) electrons. The van der Waals surface area contributed by atoms with Crippen molar-refractivity contribution in [3.05, 3.63) is 83.7 Å². The minimum atomic E-state index is -0.165. The van der Waals surface area contributed by atoms with Gasteiger partial charge >= 0.3 is 0 Å². The molecule has 1 aromatic heterocycles. The Balaban J connectivity index is 1.60. The molecule has 3 aromatic rings. The first-order chi connectivity index (χ1) is 14.1. The van der Waals surface area contributed by atoms with Gasteiger partial charge in [-0.2, -0.15) is 0 Å². The van der Waals surface area contributed by atoms with Gasteiger partial charge in [-0.05, 0) is 60.5 Å². The van der Waals surface area contributed by atoms with Crippen molar-refractivity contribution in [2.75, 3.05) is 14.2 Å². The topological polar surface area (TPSA) is 60.5 Å². The van der Waals surface area contributed by atoms with Crippen LogP contribution in [0, 0.1) is 0 Å². The van der Waals surface area contributed by atoms with Crippen molar-refractivity contribution in [3.63, 3.8) is 0 Å². The van der Waals surface area contributed by atoms with Gasteiger partial charge < -0.3 is 14.8 Å². The molecule has 1 atom stereocenters. The molecule has 29 heavy (non-hydrogen) atoms. The Bertz CT molecular complexity index is 946. The fraction of sp³-hybridized carbons (Fsp3) is 0.217. The molecule has 1 N–H and O–H groups in total. The van der Waals surface area contributed by atoms with Gasteiger partial charge in [0, 0.05) is 28.6 Å². The summed E-state index contributed by atoms with van der Waals surface area (Å²) < 4.78 is 10.6. The first-order valence-corrected chi connectivity index (χ1v) is 10.2.